The van der Waals surface area contributed by atoms with Gasteiger partial charge in [0.1, 0.15) is 10.8 Å². The summed E-state index contributed by atoms with van der Waals surface area (Å²) in [6, 6.07) is 7.33. The Bertz CT molecular complexity index is 761. The summed E-state index contributed by atoms with van der Waals surface area (Å²) in [6.45, 7) is 3.97. The molecule has 0 unspecified atom stereocenters. The molecule has 7 nitrogen and oxygen atoms in total. The lowest BCUT2D eigenvalue weighted by Gasteiger charge is -2.32. The topological polar surface area (TPSA) is 84.4 Å². The van der Waals surface area contributed by atoms with Crippen LogP contribution in [-0.2, 0) is 16.0 Å². The summed E-state index contributed by atoms with van der Waals surface area (Å²) in [7, 11) is 0. The maximum atomic E-state index is 12.4. The average Bonchev–Trinajstić information content (AvgIpc) is 3.03. The Hall–Kier alpha value is -2.48. The molecular weight excluding hydrogens is 328 g/mol. The van der Waals surface area contributed by atoms with E-state index in [0.717, 1.165) is 11.4 Å². The van der Waals surface area contributed by atoms with E-state index >= 15 is 0 Å². The van der Waals surface area contributed by atoms with Crippen molar-refractivity contribution < 1.29 is 14.3 Å². The number of nitrogens with zero attached hydrogens (tertiary/aromatic N) is 3. The van der Waals surface area contributed by atoms with Gasteiger partial charge >= 0.3 is 0 Å². The molecule has 1 N–H and O–H groups in total. The lowest BCUT2D eigenvalue weighted by Crippen LogP contribution is -2.45. The summed E-state index contributed by atoms with van der Waals surface area (Å²) in [4.78, 5) is 26.1. The zero-order valence-corrected chi connectivity index (χ0v) is 14.3. The Balaban J connectivity index is 1.65. The van der Waals surface area contributed by atoms with E-state index in [0.29, 0.717) is 16.6 Å². The number of hydrogen-bond donors (Lipinski definition) is 1. The van der Waals surface area contributed by atoms with E-state index in [4.69, 9.17) is 4.74 Å². The van der Waals surface area contributed by atoms with Crippen LogP contribution in [0.5, 0.6) is 5.75 Å². The van der Waals surface area contributed by atoms with Crippen LogP contribution in [0.25, 0.3) is 0 Å². The fourth-order valence-corrected chi connectivity index (χ4v) is 3.13. The van der Waals surface area contributed by atoms with E-state index in [1.54, 1.807) is 11.8 Å². The van der Waals surface area contributed by atoms with Crippen molar-refractivity contribution in [1.29, 1.82) is 0 Å². The van der Waals surface area contributed by atoms with Gasteiger partial charge in [0.05, 0.1) is 5.69 Å². The molecule has 126 valence electrons. The Morgan fingerprint density at radius 2 is 2.17 bits per heavy atom. The van der Waals surface area contributed by atoms with Crippen LogP contribution >= 0.6 is 11.3 Å². The fraction of sp³-hybridized carbons (Fsp3) is 0.375. The molecule has 0 spiro atoms. The minimum absolute atomic E-state index is 0.148. The SMILES string of the molecule is CCc1nnc(NC(=O)CCN2C(=O)[C@@H](C)Oc3ccccc32)s1. The third kappa shape index (κ3) is 3.38. The van der Waals surface area contributed by atoms with Crippen molar-refractivity contribution in [2.75, 3.05) is 16.8 Å². The van der Waals surface area contributed by atoms with Gasteiger partial charge in [-0.05, 0) is 25.5 Å². The van der Waals surface area contributed by atoms with Crippen LogP contribution in [0.1, 0.15) is 25.3 Å². The predicted octanol–water partition coefficient (Wildman–Crippen LogP) is 2.24. The summed E-state index contributed by atoms with van der Waals surface area (Å²) in [6.07, 6.45) is 0.399. The van der Waals surface area contributed by atoms with Crippen molar-refractivity contribution in [1.82, 2.24) is 10.2 Å². The number of aryl methyl sites for hydroxylation is 1. The number of anilines is 2. The van der Waals surface area contributed by atoms with Crippen LogP contribution in [0.15, 0.2) is 24.3 Å². The molecule has 24 heavy (non-hydrogen) atoms. The highest BCUT2D eigenvalue weighted by molar-refractivity contribution is 7.15. The maximum absolute atomic E-state index is 12.4. The number of benzene rings is 1. The summed E-state index contributed by atoms with van der Waals surface area (Å²) < 4.78 is 5.58. The molecular formula is C16H18N4O3S. The Labute approximate surface area is 143 Å². The van der Waals surface area contributed by atoms with Crippen LogP contribution in [0.3, 0.4) is 0 Å². The minimum atomic E-state index is -0.557. The second-order valence-corrected chi connectivity index (χ2v) is 6.43. The summed E-state index contributed by atoms with van der Waals surface area (Å²) in [5.74, 6) is 0.311. The zero-order chi connectivity index (χ0) is 17.1. The quantitative estimate of drug-likeness (QED) is 0.897. The average molecular weight is 346 g/mol. The van der Waals surface area contributed by atoms with Gasteiger partial charge < -0.3 is 15.0 Å². The molecule has 1 aliphatic rings. The first-order chi connectivity index (χ1) is 11.6. The number of carbonyl (C=O) groups is 2. The molecule has 8 heteroatoms. The number of fused-ring (bicyclic) bond motifs is 1. The highest BCUT2D eigenvalue weighted by Gasteiger charge is 2.31. The zero-order valence-electron chi connectivity index (χ0n) is 13.5. The van der Waals surface area contributed by atoms with Crippen LogP contribution in [-0.4, -0.2) is 34.7 Å². The lowest BCUT2D eigenvalue weighted by molar-refractivity contribution is -0.125. The van der Waals surface area contributed by atoms with Crippen LogP contribution in [0.2, 0.25) is 0 Å². The molecule has 0 fully saturated rings. The van der Waals surface area contributed by atoms with Gasteiger partial charge in [0.2, 0.25) is 11.0 Å². The van der Waals surface area contributed by atoms with E-state index in [9.17, 15) is 9.59 Å². The number of para-hydroxylation sites is 2. The van der Waals surface area contributed by atoms with E-state index in [-0.39, 0.29) is 24.8 Å². The molecule has 0 saturated carbocycles. The number of aromatic nitrogens is 2. The third-order valence-corrected chi connectivity index (χ3v) is 4.63. The highest BCUT2D eigenvalue weighted by Crippen LogP contribution is 2.33. The van der Waals surface area contributed by atoms with Crippen molar-refractivity contribution >= 4 is 34.0 Å². The molecule has 2 aromatic rings. The molecule has 0 radical (unpaired) electrons. The van der Waals surface area contributed by atoms with Crippen LogP contribution in [0, 0.1) is 0 Å². The normalized spacial score (nSPS) is 16.5. The fourth-order valence-electron chi connectivity index (χ4n) is 2.43. The van der Waals surface area contributed by atoms with Gasteiger partial charge in [-0.15, -0.1) is 10.2 Å². The number of nitrogens with one attached hydrogen (secondary N) is 1. The first-order valence-corrected chi connectivity index (χ1v) is 8.59. The second kappa shape index (κ2) is 6.96. The van der Waals surface area contributed by atoms with Crippen LogP contribution in [0.4, 0.5) is 10.8 Å². The largest absolute Gasteiger partial charge is 0.479 e. The lowest BCUT2D eigenvalue weighted by atomic mass is 10.1. The number of carbonyl (C=O) groups excluding carboxylic acids is 2. The van der Waals surface area contributed by atoms with Gasteiger partial charge in [0, 0.05) is 13.0 Å². The van der Waals surface area contributed by atoms with E-state index < -0.39 is 6.10 Å². The van der Waals surface area contributed by atoms with Crippen molar-refractivity contribution in [3.05, 3.63) is 29.3 Å². The third-order valence-electron chi connectivity index (χ3n) is 3.65. The molecule has 0 saturated heterocycles. The Morgan fingerprint density at radius 3 is 2.92 bits per heavy atom. The molecule has 1 aromatic carbocycles. The van der Waals surface area contributed by atoms with Gasteiger partial charge in [-0.2, -0.15) is 0 Å². The molecule has 3 rings (SSSR count). The van der Waals surface area contributed by atoms with Gasteiger partial charge in [-0.3, -0.25) is 9.59 Å². The minimum Gasteiger partial charge on any atom is -0.479 e. The maximum Gasteiger partial charge on any atom is 0.267 e. The van der Waals surface area contributed by atoms with Crippen molar-refractivity contribution in [3.63, 3.8) is 0 Å². The molecule has 0 aliphatic carbocycles. The number of rotatable bonds is 5. The van der Waals surface area contributed by atoms with E-state index in [1.807, 2.05) is 31.2 Å². The Morgan fingerprint density at radius 1 is 1.38 bits per heavy atom. The van der Waals surface area contributed by atoms with Gasteiger partial charge in [-0.25, -0.2) is 0 Å². The molecule has 0 bridgehead atoms. The summed E-state index contributed by atoms with van der Waals surface area (Å²) in [5, 5.41) is 12.0. The van der Waals surface area contributed by atoms with E-state index in [2.05, 4.69) is 15.5 Å². The standard InChI is InChI=1S/C16H18N4O3S/c1-3-14-18-19-16(24-14)17-13(21)8-9-20-11-6-4-5-7-12(11)23-10(2)15(20)22/h4-7,10H,3,8-9H2,1-2H3,(H,17,19,21)/t10-/m1/s1. The summed E-state index contributed by atoms with van der Waals surface area (Å²) >= 11 is 1.36. The van der Waals surface area contributed by atoms with Crippen molar-refractivity contribution in [3.8, 4) is 5.75 Å². The number of hydrogen-bond acceptors (Lipinski definition) is 6. The second-order valence-electron chi connectivity index (χ2n) is 5.37. The van der Waals surface area contributed by atoms with Crippen molar-refractivity contribution in [2.45, 2.75) is 32.8 Å². The predicted molar refractivity (Wildman–Crippen MR) is 91.4 cm³/mol. The molecule has 1 atom stereocenters. The van der Waals surface area contributed by atoms with Crippen LogP contribution < -0.4 is 15.0 Å². The monoisotopic (exact) mass is 346 g/mol. The number of amides is 2. The van der Waals surface area contributed by atoms with Crippen molar-refractivity contribution in [2.24, 2.45) is 0 Å². The molecule has 2 heterocycles. The van der Waals surface area contributed by atoms with E-state index in [1.165, 1.54) is 11.3 Å². The van der Waals surface area contributed by atoms with Gasteiger partial charge in [0.25, 0.3) is 5.91 Å². The molecule has 1 aliphatic heterocycles. The number of ether oxygens (including phenoxy) is 1. The first kappa shape index (κ1) is 16.4. The first-order valence-electron chi connectivity index (χ1n) is 7.77. The molecule has 2 amide bonds. The smallest absolute Gasteiger partial charge is 0.267 e. The van der Waals surface area contributed by atoms with Gasteiger partial charge in [-0.1, -0.05) is 30.4 Å². The molecule has 1 aromatic heterocycles. The summed E-state index contributed by atoms with van der Waals surface area (Å²) in [5.41, 5.74) is 0.692. The highest BCUT2D eigenvalue weighted by atomic mass is 32.1. The van der Waals surface area contributed by atoms with Gasteiger partial charge in [0.15, 0.2) is 6.10 Å². The Kier molecular flexibility index (Phi) is 4.75.